The summed E-state index contributed by atoms with van der Waals surface area (Å²) in [4.78, 5) is 20.2. The van der Waals surface area contributed by atoms with Crippen LogP contribution in [-0.2, 0) is 15.1 Å². The molecule has 0 fully saturated rings. The van der Waals surface area contributed by atoms with Crippen molar-refractivity contribution >= 4 is 5.97 Å². The molecule has 100 valence electrons. The first-order chi connectivity index (χ1) is 8.53. The van der Waals surface area contributed by atoms with Crippen LogP contribution in [0.15, 0.2) is 12.4 Å². The maximum atomic E-state index is 11.6. The summed E-state index contributed by atoms with van der Waals surface area (Å²) in [6.45, 7) is 6.74. The summed E-state index contributed by atoms with van der Waals surface area (Å²) in [6, 6.07) is 0. The van der Waals surface area contributed by atoms with Crippen LogP contribution in [0, 0.1) is 6.92 Å². The fourth-order valence-electron chi connectivity index (χ4n) is 1.94. The lowest BCUT2D eigenvalue weighted by molar-refractivity contribution is -0.142. The van der Waals surface area contributed by atoms with E-state index in [2.05, 4.69) is 22.2 Å². The Balaban J connectivity index is 3.03. The van der Waals surface area contributed by atoms with E-state index >= 15 is 0 Å². The highest BCUT2D eigenvalue weighted by Crippen LogP contribution is 2.25. The Hall–Kier alpha value is -1.49. The molecule has 1 N–H and O–H groups in total. The van der Waals surface area contributed by atoms with Crippen LogP contribution in [0.1, 0.15) is 38.1 Å². The predicted molar refractivity (Wildman–Crippen MR) is 69.0 cm³/mol. The maximum absolute atomic E-state index is 11.6. The minimum atomic E-state index is -0.540. The van der Waals surface area contributed by atoms with E-state index in [4.69, 9.17) is 4.74 Å². The van der Waals surface area contributed by atoms with E-state index in [9.17, 15) is 4.79 Å². The van der Waals surface area contributed by atoms with E-state index in [1.807, 2.05) is 13.8 Å². The average Bonchev–Trinajstić information content (AvgIpc) is 2.36. The number of nitrogens with one attached hydrogen (secondary N) is 1. The zero-order valence-electron chi connectivity index (χ0n) is 11.5. The molecule has 0 spiro atoms. The van der Waals surface area contributed by atoms with Gasteiger partial charge in [-0.25, -0.2) is 0 Å². The lowest BCUT2D eigenvalue weighted by atomic mass is 9.91. The molecule has 0 amide bonds. The number of esters is 1. The van der Waals surface area contributed by atoms with Gasteiger partial charge in [0.25, 0.3) is 0 Å². The molecular weight excluding hydrogens is 230 g/mol. The molecule has 0 aliphatic rings. The van der Waals surface area contributed by atoms with Gasteiger partial charge in [-0.1, -0.05) is 6.92 Å². The minimum absolute atomic E-state index is 0.239. The Bertz CT molecular complexity index is 409. The highest BCUT2D eigenvalue weighted by Gasteiger charge is 2.32. The SMILES string of the molecule is CCCNC(C)(CC(=O)OC)c1nccnc1C. The molecule has 1 heterocycles. The van der Waals surface area contributed by atoms with E-state index < -0.39 is 5.54 Å². The second-order valence-electron chi connectivity index (χ2n) is 4.50. The fraction of sp³-hybridized carbons (Fsp3) is 0.615. The molecule has 0 radical (unpaired) electrons. The number of carbonyl (C=O) groups excluding carboxylic acids is 1. The number of nitrogens with zero attached hydrogens (tertiary/aromatic N) is 2. The zero-order chi connectivity index (χ0) is 13.6. The van der Waals surface area contributed by atoms with Crippen molar-refractivity contribution in [3.8, 4) is 0 Å². The van der Waals surface area contributed by atoms with Crippen LogP contribution in [0.5, 0.6) is 0 Å². The van der Waals surface area contributed by atoms with Gasteiger partial charge >= 0.3 is 5.97 Å². The molecule has 1 atom stereocenters. The Morgan fingerprint density at radius 1 is 1.44 bits per heavy atom. The maximum Gasteiger partial charge on any atom is 0.307 e. The summed E-state index contributed by atoms with van der Waals surface area (Å²) < 4.78 is 4.76. The molecule has 0 saturated carbocycles. The molecule has 1 aromatic heterocycles. The molecular formula is C13H21N3O2. The Kier molecular flexibility index (Phi) is 5.22. The third-order valence-electron chi connectivity index (χ3n) is 2.89. The van der Waals surface area contributed by atoms with Crippen molar-refractivity contribution in [1.29, 1.82) is 0 Å². The van der Waals surface area contributed by atoms with E-state index in [0.717, 1.165) is 24.4 Å². The van der Waals surface area contributed by atoms with Crippen LogP contribution in [0.2, 0.25) is 0 Å². The summed E-state index contributed by atoms with van der Waals surface area (Å²) >= 11 is 0. The van der Waals surface area contributed by atoms with Gasteiger partial charge in [0.2, 0.25) is 0 Å². The summed E-state index contributed by atoms with van der Waals surface area (Å²) in [7, 11) is 1.39. The van der Waals surface area contributed by atoms with Crippen molar-refractivity contribution in [2.75, 3.05) is 13.7 Å². The topological polar surface area (TPSA) is 64.1 Å². The summed E-state index contributed by atoms with van der Waals surface area (Å²) in [5.41, 5.74) is 1.08. The minimum Gasteiger partial charge on any atom is -0.469 e. The van der Waals surface area contributed by atoms with Crippen LogP contribution in [0.25, 0.3) is 0 Å². The Morgan fingerprint density at radius 2 is 2.11 bits per heavy atom. The van der Waals surface area contributed by atoms with Crippen LogP contribution in [0.4, 0.5) is 0 Å². The van der Waals surface area contributed by atoms with Crippen molar-refractivity contribution in [2.45, 2.75) is 39.2 Å². The Labute approximate surface area is 108 Å². The van der Waals surface area contributed by atoms with Gasteiger partial charge in [-0.05, 0) is 26.8 Å². The van der Waals surface area contributed by atoms with Gasteiger partial charge in [-0.15, -0.1) is 0 Å². The third-order valence-corrected chi connectivity index (χ3v) is 2.89. The molecule has 5 nitrogen and oxygen atoms in total. The van der Waals surface area contributed by atoms with Crippen molar-refractivity contribution in [2.24, 2.45) is 0 Å². The van der Waals surface area contributed by atoms with Gasteiger partial charge < -0.3 is 10.1 Å². The van der Waals surface area contributed by atoms with E-state index in [1.165, 1.54) is 7.11 Å². The first kappa shape index (κ1) is 14.6. The van der Waals surface area contributed by atoms with E-state index in [0.29, 0.717) is 0 Å². The second-order valence-corrected chi connectivity index (χ2v) is 4.50. The van der Waals surface area contributed by atoms with Crippen molar-refractivity contribution in [3.05, 3.63) is 23.8 Å². The van der Waals surface area contributed by atoms with Crippen LogP contribution in [-0.4, -0.2) is 29.6 Å². The molecule has 0 bridgehead atoms. The number of carbonyl (C=O) groups is 1. The first-order valence-electron chi connectivity index (χ1n) is 6.13. The van der Waals surface area contributed by atoms with E-state index in [-0.39, 0.29) is 12.4 Å². The molecule has 0 aliphatic heterocycles. The fourth-order valence-corrected chi connectivity index (χ4v) is 1.94. The number of rotatable bonds is 6. The quantitative estimate of drug-likeness (QED) is 0.777. The third kappa shape index (κ3) is 3.50. The van der Waals surface area contributed by atoms with Crippen LogP contribution >= 0.6 is 0 Å². The van der Waals surface area contributed by atoms with Gasteiger partial charge in [-0.2, -0.15) is 0 Å². The number of methoxy groups -OCH3 is 1. The van der Waals surface area contributed by atoms with Crippen LogP contribution in [0.3, 0.4) is 0 Å². The lowest BCUT2D eigenvalue weighted by Crippen LogP contribution is -2.43. The normalized spacial score (nSPS) is 14.0. The lowest BCUT2D eigenvalue weighted by Gasteiger charge is -2.30. The van der Waals surface area contributed by atoms with Gasteiger partial charge in [0, 0.05) is 12.4 Å². The van der Waals surface area contributed by atoms with Gasteiger partial charge in [-0.3, -0.25) is 14.8 Å². The van der Waals surface area contributed by atoms with Gasteiger partial charge in [0.1, 0.15) is 0 Å². The first-order valence-corrected chi connectivity index (χ1v) is 6.13. The average molecular weight is 251 g/mol. The smallest absolute Gasteiger partial charge is 0.307 e. The molecule has 0 saturated heterocycles. The van der Waals surface area contributed by atoms with Gasteiger partial charge in [0.15, 0.2) is 0 Å². The number of hydrogen-bond donors (Lipinski definition) is 1. The Morgan fingerprint density at radius 3 is 2.67 bits per heavy atom. The standard InChI is InChI=1S/C13H21N3O2/c1-5-6-16-13(3,9-11(17)18-4)12-10(2)14-7-8-15-12/h7-8,16H,5-6,9H2,1-4H3. The molecule has 0 aromatic carbocycles. The number of aryl methyl sites for hydroxylation is 1. The zero-order valence-corrected chi connectivity index (χ0v) is 11.5. The molecule has 1 unspecified atom stereocenters. The highest BCUT2D eigenvalue weighted by molar-refractivity contribution is 5.71. The molecule has 1 aromatic rings. The van der Waals surface area contributed by atoms with E-state index in [1.54, 1.807) is 12.4 Å². The second kappa shape index (κ2) is 6.44. The summed E-state index contributed by atoms with van der Waals surface area (Å²) in [6.07, 6.45) is 4.52. The largest absolute Gasteiger partial charge is 0.469 e. The monoisotopic (exact) mass is 251 g/mol. The molecule has 0 aliphatic carbocycles. The van der Waals surface area contributed by atoms with Crippen molar-refractivity contribution < 1.29 is 9.53 Å². The predicted octanol–water partition coefficient (Wildman–Crippen LogP) is 1.56. The van der Waals surface area contributed by atoms with Crippen molar-refractivity contribution in [3.63, 3.8) is 0 Å². The summed E-state index contributed by atoms with van der Waals surface area (Å²) in [5.74, 6) is -0.258. The number of aromatic nitrogens is 2. The highest BCUT2D eigenvalue weighted by atomic mass is 16.5. The van der Waals surface area contributed by atoms with Crippen LogP contribution < -0.4 is 5.32 Å². The molecule has 1 rings (SSSR count). The number of hydrogen-bond acceptors (Lipinski definition) is 5. The number of ether oxygens (including phenoxy) is 1. The van der Waals surface area contributed by atoms with Crippen molar-refractivity contribution in [1.82, 2.24) is 15.3 Å². The van der Waals surface area contributed by atoms with Gasteiger partial charge in [0.05, 0.1) is 30.5 Å². The molecule has 5 heteroatoms. The summed E-state index contributed by atoms with van der Waals surface area (Å²) in [5, 5.41) is 3.36. The molecule has 18 heavy (non-hydrogen) atoms.